The summed E-state index contributed by atoms with van der Waals surface area (Å²) in [6.45, 7) is 20.5. The van der Waals surface area contributed by atoms with Gasteiger partial charge in [0.1, 0.15) is 17.3 Å². The Hall–Kier alpha value is -1.12. The number of hydrogen-bond donors (Lipinski definition) is 2. The number of aliphatic hydroxyl groups excluding tert-OH is 1. The van der Waals surface area contributed by atoms with Crippen molar-refractivity contribution in [2.75, 3.05) is 6.61 Å². The monoisotopic (exact) mass is 405 g/mol. The Labute approximate surface area is 165 Å². The fourth-order valence-corrected chi connectivity index (χ4v) is 2.74. The molecule has 0 spiro atoms. The maximum Gasteiger partial charge on any atom is 0.408 e. The van der Waals surface area contributed by atoms with Crippen LogP contribution in [0.5, 0.6) is 0 Å². The first-order chi connectivity index (χ1) is 11.8. The minimum Gasteiger partial charge on any atom is -0.458 e. The molecule has 1 amide bonds. The van der Waals surface area contributed by atoms with Crippen molar-refractivity contribution in [3.05, 3.63) is 0 Å². The fourth-order valence-electron chi connectivity index (χ4n) is 1.72. The SMILES string of the molecule is CC(C)(C)OC(=O)N[C@H](C(=O)OC(C)(C)C)[C@@H](O)CO[Si](C)(C)C(C)(C)C. The number of nitrogens with one attached hydrogen (secondary N) is 1. The molecule has 0 saturated carbocycles. The third kappa shape index (κ3) is 10.1. The first-order valence-corrected chi connectivity index (χ1v) is 12.2. The van der Waals surface area contributed by atoms with Gasteiger partial charge in [-0.05, 0) is 59.7 Å². The number of ether oxygens (including phenoxy) is 2. The zero-order chi connectivity index (χ0) is 21.8. The van der Waals surface area contributed by atoms with Crippen molar-refractivity contribution in [2.45, 2.75) is 104 Å². The predicted molar refractivity (Wildman–Crippen MR) is 108 cm³/mol. The summed E-state index contributed by atoms with van der Waals surface area (Å²) in [5.74, 6) is -0.736. The average molecular weight is 406 g/mol. The molecule has 27 heavy (non-hydrogen) atoms. The molecule has 160 valence electrons. The largest absolute Gasteiger partial charge is 0.458 e. The Kier molecular flexibility index (Phi) is 8.55. The molecule has 7 nitrogen and oxygen atoms in total. The van der Waals surface area contributed by atoms with Crippen LogP contribution >= 0.6 is 0 Å². The van der Waals surface area contributed by atoms with Gasteiger partial charge < -0.3 is 24.3 Å². The molecule has 0 aromatic heterocycles. The van der Waals surface area contributed by atoms with E-state index in [9.17, 15) is 14.7 Å². The number of rotatable bonds is 6. The standard InChI is InChI=1S/C19H39NO6Si/c1-17(2,3)25-15(22)14(20-16(23)26-18(4,5)6)13(21)12-24-27(10,11)19(7,8)9/h13-14,21H,12H2,1-11H3,(H,20,23)/t13-,14-/m0/s1. The van der Waals surface area contributed by atoms with Crippen LogP contribution in [0.15, 0.2) is 0 Å². The minimum atomic E-state index is -2.13. The van der Waals surface area contributed by atoms with E-state index >= 15 is 0 Å². The fraction of sp³-hybridized carbons (Fsp3) is 0.895. The van der Waals surface area contributed by atoms with E-state index in [1.165, 1.54) is 0 Å². The van der Waals surface area contributed by atoms with E-state index in [4.69, 9.17) is 13.9 Å². The van der Waals surface area contributed by atoms with Crippen molar-refractivity contribution in [1.82, 2.24) is 5.32 Å². The summed E-state index contributed by atoms with van der Waals surface area (Å²) in [4.78, 5) is 24.6. The molecule has 0 aromatic carbocycles. The molecule has 0 aliphatic heterocycles. The van der Waals surface area contributed by atoms with Crippen LogP contribution in [0.25, 0.3) is 0 Å². The molecule has 0 aliphatic rings. The zero-order valence-electron chi connectivity index (χ0n) is 18.9. The highest BCUT2D eigenvalue weighted by Gasteiger charge is 2.40. The van der Waals surface area contributed by atoms with E-state index in [-0.39, 0.29) is 11.6 Å². The van der Waals surface area contributed by atoms with Gasteiger partial charge in [0.25, 0.3) is 0 Å². The number of hydrogen-bond acceptors (Lipinski definition) is 6. The molecule has 0 rings (SSSR count). The van der Waals surface area contributed by atoms with Crippen molar-refractivity contribution in [1.29, 1.82) is 0 Å². The van der Waals surface area contributed by atoms with Crippen molar-refractivity contribution in [2.24, 2.45) is 0 Å². The zero-order valence-corrected chi connectivity index (χ0v) is 19.9. The summed E-state index contributed by atoms with van der Waals surface area (Å²) < 4.78 is 16.5. The van der Waals surface area contributed by atoms with Crippen molar-refractivity contribution in [3.8, 4) is 0 Å². The van der Waals surface area contributed by atoms with Crippen LogP contribution in [0.1, 0.15) is 62.3 Å². The third-order valence-electron chi connectivity index (χ3n) is 4.14. The molecule has 0 saturated heterocycles. The van der Waals surface area contributed by atoms with Gasteiger partial charge in [-0.3, -0.25) is 0 Å². The first kappa shape index (κ1) is 25.9. The van der Waals surface area contributed by atoms with Gasteiger partial charge in [-0.2, -0.15) is 0 Å². The number of amides is 1. The van der Waals surface area contributed by atoms with Gasteiger partial charge in [-0.25, -0.2) is 9.59 Å². The molecule has 0 bridgehead atoms. The normalized spacial score (nSPS) is 15.7. The van der Waals surface area contributed by atoms with Crippen LogP contribution in [0.2, 0.25) is 18.1 Å². The summed E-state index contributed by atoms with van der Waals surface area (Å²) >= 11 is 0. The van der Waals surface area contributed by atoms with E-state index in [0.29, 0.717) is 0 Å². The van der Waals surface area contributed by atoms with Crippen molar-refractivity contribution >= 4 is 20.4 Å². The molecule has 0 heterocycles. The van der Waals surface area contributed by atoms with Gasteiger partial charge >= 0.3 is 12.1 Å². The molecular formula is C19H39NO6Si. The second kappa shape index (κ2) is 8.92. The maximum atomic E-state index is 12.5. The molecule has 2 N–H and O–H groups in total. The Morgan fingerprint density at radius 1 is 0.926 bits per heavy atom. The van der Waals surface area contributed by atoms with Gasteiger partial charge in [0.05, 0.1) is 6.61 Å². The second-order valence-corrected chi connectivity index (χ2v) is 15.1. The van der Waals surface area contributed by atoms with Crippen molar-refractivity contribution in [3.63, 3.8) is 0 Å². The topological polar surface area (TPSA) is 94.1 Å². The summed E-state index contributed by atoms with van der Waals surface area (Å²) in [6, 6.07) is -1.29. The molecule has 0 aliphatic carbocycles. The van der Waals surface area contributed by atoms with Gasteiger partial charge in [-0.15, -0.1) is 0 Å². The van der Waals surface area contributed by atoms with E-state index in [2.05, 4.69) is 26.1 Å². The van der Waals surface area contributed by atoms with E-state index < -0.39 is 43.7 Å². The highest BCUT2D eigenvalue weighted by atomic mass is 28.4. The number of aliphatic hydroxyl groups is 1. The van der Waals surface area contributed by atoms with E-state index in [0.717, 1.165) is 0 Å². The lowest BCUT2D eigenvalue weighted by Crippen LogP contribution is -2.54. The molecule has 0 unspecified atom stereocenters. The third-order valence-corrected chi connectivity index (χ3v) is 8.64. The van der Waals surface area contributed by atoms with Crippen LogP contribution in [0.4, 0.5) is 4.79 Å². The lowest BCUT2D eigenvalue weighted by molar-refractivity contribution is -0.161. The number of alkyl carbamates (subject to hydrolysis) is 1. The van der Waals surface area contributed by atoms with Crippen LogP contribution in [0.3, 0.4) is 0 Å². The number of carbonyl (C=O) groups excluding carboxylic acids is 2. The van der Waals surface area contributed by atoms with Gasteiger partial charge in [-0.1, -0.05) is 20.8 Å². The quantitative estimate of drug-likeness (QED) is 0.518. The summed E-state index contributed by atoms with van der Waals surface area (Å²) in [7, 11) is -2.13. The van der Waals surface area contributed by atoms with Crippen LogP contribution in [-0.4, -0.2) is 55.4 Å². The second-order valence-electron chi connectivity index (χ2n) is 10.3. The molecule has 0 fully saturated rings. The van der Waals surface area contributed by atoms with E-state index in [1.54, 1.807) is 41.5 Å². The minimum absolute atomic E-state index is 0.0489. The van der Waals surface area contributed by atoms with E-state index in [1.807, 2.05) is 13.1 Å². The lowest BCUT2D eigenvalue weighted by atomic mass is 10.1. The van der Waals surface area contributed by atoms with Crippen LogP contribution in [-0.2, 0) is 18.7 Å². The summed E-state index contributed by atoms with van der Waals surface area (Å²) in [5, 5.41) is 13.0. The van der Waals surface area contributed by atoms with Crippen molar-refractivity contribution < 1.29 is 28.6 Å². The Morgan fingerprint density at radius 3 is 1.74 bits per heavy atom. The smallest absolute Gasteiger partial charge is 0.408 e. The lowest BCUT2D eigenvalue weighted by Gasteiger charge is -2.37. The van der Waals surface area contributed by atoms with Gasteiger partial charge in [0.15, 0.2) is 14.4 Å². The number of carbonyl (C=O) groups is 2. The molecular weight excluding hydrogens is 366 g/mol. The Bertz CT molecular complexity index is 514. The predicted octanol–water partition coefficient (Wildman–Crippen LogP) is 3.60. The van der Waals surface area contributed by atoms with Crippen LogP contribution in [0, 0.1) is 0 Å². The molecule has 8 heteroatoms. The Balaban J connectivity index is 5.27. The molecule has 2 atom stereocenters. The Morgan fingerprint density at radius 2 is 1.37 bits per heavy atom. The first-order valence-electron chi connectivity index (χ1n) is 9.29. The summed E-state index contributed by atoms with van der Waals surface area (Å²) in [5.41, 5.74) is -1.49. The molecule has 0 radical (unpaired) electrons. The van der Waals surface area contributed by atoms with Gasteiger partial charge in [0, 0.05) is 0 Å². The highest BCUT2D eigenvalue weighted by molar-refractivity contribution is 6.74. The number of esters is 1. The van der Waals surface area contributed by atoms with Crippen LogP contribution < -0.4 is 5.32 Å². The molecule has 0 aromatic rings. The summed E-state index contributed by atoms with van der Waals surface area (Å²) in [6.07, 6.45) is -2.06. The average Bonchev–Trinajstić information content (AvgIpc) is 2.36. The van der Waals surface area contributed by atoms with Gasteiger partial charge in [0.2, 0.25) is 0 Å². The maximum absolute atomic E-state index is 12.5. The highest BCUT2D eigenvalue weighted by Crippen LogP contribution is 2.36.